The number of fused-ring (bicyclic) bond motifs is 1. The van der Waals surface area contributed by atoms with E-state index in [1.54, 1.807) is 7.11 Å². The molecule has 0 saturated heterocycles. The number of hydrogen-bond acceptors (Lipinski definition) is 4. The van der Waals surface area contributed by atoms with Crippen molar-refractivity contribution in [2.24, 2.45) is 0 Å². The van der Waals surface area contributed by atoms with Crippen LogP contribution >= 0.6 is 11.6 Å². The summed E-state index contributed by atoms with van der Waals surface area (Å²) in [6, 6.07) is 15.2. The van der Waals surface area contributed by atoms with E-state index in [9.17, 15) is 4.79 Å². The van der Waals surface area contributed by atoms with Crippen LogP contribution in [-0.2, 0) is 4.74 Å². The predicted octanol–water partition coefficient (Wildman–Crippen LogP) is 4.71. The molecule has 1 amide bonds. The van der Waals surface area contributed by atoms with Crippen LogP contribution in [0.3, 0.4) is 0 Å². The second kappa shape index (κ2) is 8.90. The van der Waals surface area contributed by atoms with E-state index in [1.165, 1.54) is 0 Å². The molecule has 0 radical (unpaired) electrons. The van der Waals surface area contributed by atoms with Crippen molar-refractivity contribution in [3.63, 3.8) is 0 Å². The monoisotopic (exact) mass is 425 g/mol. The lowest BCUT2D eigenvalue weighted by Gasteiger charge is -2.26. The maximum Gasteiger partial charge on any atom is 0.273 e. The Labute approximate surface area is 180 Å². The van der Waals surface area contributed by atoms with Crippen molar-refractivity contribution in [3.8, 4) is 17.0 Å². The van der Waals surface area contributed by atoms with Gasteiger partial charge in [-0.1, -0.05) is 23.7 Å². The van der Waals surface area contributed by atoms with Crippen LogP contribution in [0.5, 0.6) is 5.75 Å². The Bertz CT molecular complexity index is 1020. The molecular formula is C23H24ClN3O3. The lowest BCUT2D eigenvalue weighted by atomic mass is 9.96. The first-order chi connectivity index (χ1) is 14.6. The standard InChI is InChI=1S/C23H24ClN3O3/c1-3-30-18-11-7-15(8-12-18)20-19-21(26-25-20)23(28)27(13-4-14-29-2)22(19)16-5-9-17(24)10-6-16/h5-12,22H,3-4,13-14H2,1-2H3,(H,25,26). The molecule has 156 valence electrons. The number of amides is 1. The van der Waals surface area contributed by atoms with Gasteiger partial charge in [-0.05, 0) is 55.3 Å². The number of hydrogen-bond donors (Lipinski definition) is 1. The number of carbonyl (C=O) groups excluding carboxylic acids is 1. The predicted molar refractivity (Wildman–Crippen MR) is 116 cm³/mol. The van der Waals surface area contributed by atoms with Crippen molar-refractivity contribution in [1.82, 2.24) is 15.1 Å². The van der Waals surface area contributed by atoms with Gasteiger partial charge in [0.2, 0.25) is 0 Å². The summed E-state index contributed by atoms with van der Waals surface area (Å²) in [7, 11) is 1.67. The van der Waals surface area contributed by atoms with Gasteiger partial charge in [0, 0.05) is 36.4 Å². The Balaban J connectivity index is 1.76. The number of rotatable bonds is 8. The zero-order chi connectivity index (χ0) is 21.1. The first-order valence-corrected chi connectivity index (χ1v) is 10.4. The maximum absolute atomic E-state index is 13.2. The third-order valence-corrected chi connectivity index (χ3v) is 5.49. The van der Waals surface area contributed by atoms with E-state index in [1.807, 2.05) is 60.4 Å². The van der Waals surface area contributed by atoms with Gasteiger partial charge in [0.15, 0.2) is 0 Å². The molecule has 0 fully saturated rings. The fourth-order valence-corrected chi connectivity index (χ4v) is 4.02. The molecule has 30 heavy (non-hydrogen) atoms. The minimum atomic E-state index is -0.234. The summed E-state index contributed by atoms with van der Waals surface area (Å²) in [6.45, 7) is 3.75. The summed E-state index contributed by atoms with van der Waals surface area (Å²) in [6.07, 6.45) is 0.752. The second-order valence-electron chi connectivity index (χ2n) is 7.12. The first-order valence-electron chi connectivity index (χ1n) is 10.0. The summed E-state index contributed by atoms with van der Waals surface area (Å²) in [4.78, 5) is 15.1. The van der Waals surface area contributed by atoms with E-state index in [-0.39, 0.29) is 11.9 Å². The van der Waals surface area contributed by atoms with Crippen LogP contribution < -0.4 is 4.74 Å². The molecule has 1 aliphatic heterocycles. The fourth-order valence-electron chi connectivity index (χ4n) is 3.89. The molecule has 1 aliphatic rings. The molecule has 1 unspecified atom stereocenters. The van der Waals surface area contributed by atoms with Crippen LogP contribution in [0.25, 0.3) is 11.3 Å². The smallest absolute Gasteiger partial charge is 0.273 e. The van der Waals surface area contributed by atoms with Crippen LogP contribution in [0, 0.1) is 0 Å². The molecule has 1 N–H and O–H groups in total. The summed E-state index contributed by atoms with van der Waals surface area (Å²) >= 11 is 6.11. The van der Waals surface area contributed by atoms with Crippen molar-refractivity contribution in [2.45, 2.75) is 19.4 Å². The number of aromatic nitrogens is 2. The number of ether oxygens (including phenoxy) is 2. The highest BCUT2D eigenvalue weighted by atomic mass is 35.5. The summed E-state index contributed by atoms with van der Waals surface area (Å²) in [5, 5.41) is 8.13. The molecular weight excluding hydrogens is 402 g/mol. The van der Waals surface area contributed by atoms with Gasteiger partial charge in [0.25, 0.3) is 5.91 Å². The van der Waals surface area contributed by atoms with E-state index in [0.29, 0.717) is 30.5 Å². The molecule has 2 heterocycles. The number of carbonyl (C=O) groups is 1. The molecule has 0 saturated carbocycles. The molecule has 1 aromatic heterocycles. The minimum Gasteiger partial charge on any atom is -0.494 e. The lowest BCUT2D eigenvalue weighted by Crippen LogP contribution is -2.31. The third kappa shape index (κ3) is 3.80. The van der Waals surface area contributed by atoms with Gasteiger partial charge in [-0.15, -0.1) is 0 Å². The molecule has 1 atom stereocenters. The number of nitrogens with zero attached hydrogens (tertiary/aromatic N) is 2. The number of aromatic amines is 1. The van der Waals surface area contributed by atoms with Gasteiger partial charge < -0.3 is 14.4 Å². The van der Waals surface area contributed by atoms with E-state index >= 15 is 0 Å². The molecule has 0 aliphatic carbocycles. The number of H-pyrrole nitrogens is 1. The topological polar surface area (TPSA) is 67.4 Å². The van der Waals surface area contributed by atoms with E-state index in [4.69, 9.17) is 21.1 Å². The van der Waals surface area contributed by atoms with Gasteiger partial charge in [0.05, 0.1) is 18.3 Å². The Morgan fingerprint density at radius 1 is 1.13 bits per heavy atom. The zero-order valence-corrected chi connectivity index (χ0v) is 17.8. The molecule has 3 aromatic rings. The van der Waals surface area contributed by atoms with Crippen LogP contribution in [0.4, 0.5) is 0 Å². The number of nitrogens with one attached hydrogen (secondary N) is 1. The van der Waals surface area contributed by atoms with Gasteiger partial charge in [-0.2, -0.15) is 5.10 Å². The Kier molecular flexibility index (Phi) is 6.06. The molecule has 0 bridgehead atoms. The lowest BCUT2D eigenvalue weighted by molar-refractivity contribution is 0.0723. The molecule has 2 aromatic carbocycles. The van der Waals surface area contributed by atoms with Crippen molar-refractivity contribution in [3.05, 3.63) is 70.4 Å². The van der Waals surface area contributed by atoms with Crippen molar-refractivity contribution in [1.29, 1.82) is 0 Å². The molecule has 4 rings (SSSR count). The minimum absolute atomic E-state index is 0.0502. The SMILES string of the molecule is CCOc1ccc(-c2n[nH]c3c2C(c2ccc(Cl)cc2)N(CCCOC)C3=O)cc1. The third-order valence-electron chi connectivity index (χ3n) is 5.24. The summed E-state index contributed by atoms with van der Waals surface area (Å²) < 4.78 is 10.7. The van der Waals surface area contributed by atoms with Gasteiger partial charge in [-0.3, -0.25) is 9.89 Å². The number of halogens is 1. The van der Waals surface area contributed by atoms with Crippen molar-refractivity contribution in [2.75, 3.05) is 26.9 Å². The largest absolute Gasteiger partial charge is 0.494 e. The quantitative estimate of drug-likeness (QED) is 0.531. The highest BCUT2D eigenvalue weighted by Gasteiger charge is 2.41. The fraction of sp³-hybridized carbons (Fsp3) is 0.304. The zero-order valence-electron chi connectivity index (χ0n) is 17.0. The van der Waals surface area contributed by atoms with E-state index in [2.05, 4.69) is 10.2 Å². The summed E-state index contributed by atoms with van der Waals surface area (Å²) in [5.41, 5.74) is 4.13. The summed E-state index contributed by atoms with van der Waals surface area (Å²) in [5.74, 6) is 0.755. The second-order valence-corrected chi connectivity index (χ2v) is 7.55. The van der Waals surface area contributed by atoms with Crippen molar-refractivity contribution < 1.29 is 14.3 Å². The van der Waals surface area contributed by atoms with Gasteiger partial charge in [0.1, 0.15) is 11.4 Å². The Morgan fingerprint density at radius 3 is 2.53 bits per heavy atom. The highest BCUT2D eigenvalue weighted by molar-refractivity contribution is 6.30. The average Bonchev–Trinajstić information content (AvgIpc) is 3.29. The molecule has 7 heteroatoms. The van der Waals surface area contributed by atoms with Crippen LogP contribution in [0.2, 0.25) is 5.02 Å². The van der Waals surface area contributed by atoms with Crippen LogP contribution in [0.15, 0.2) is 48.5 Å². The Morgan fingerprint density at radius 2 is 1.87 bits per heavy atom. The van der Waals surface area contributed by atoms with Crippen LogP contribution in [-0.4, -0.2) is 47.9 Å². The Hall–Kier alpha value is -2.83. The number of benzene rings is 2. The van der Waals surface area contributed by atoms with Crippen molar-refractivity contribution >= 4 is 17.5 Å². The highest BCUT2D eigenvalue weighted by Crippen LogP contribution is 2.43. The molecule has 6 nitrogen and oxygen atoms in total. The van der Waals surface area contributed by atoms with E-state index < -0.39 is 0 Å². The average molecular weight is 426 g/mol. The normalized spacial score (nSPS) is 15.5. The maximum atomic E-state index is 13.2. The van der Waals surface area contributed by atoms with E-state index in [0.717, 1.165) is 34.6 Å². The van der Waals surface area contributed by atoms with Gasteiger partial charge >= 0.3 is 0 Å². The molecule has 0 spiro atoms. The van der Waals surface area contributed by atoms with Gasteiger partial charge in [-0.25, -0.2) is 0 Å². The first kappa shape index (κ1) is 20.4. The number of methoxy groups -OCH3 is 1. The van der Waals surface area contributed by atoms with Crippen LogP contribution in [0.1, 0.15) is 41.0 Å².